The summed E-state index contributed by atoms with van der Waals surface area (Å²) < 4.78 is 1.82. The van der Waals surface area contributed by atoms with E-state index in [-0.39, 0.29) is 17.8 Å². The van der Waals surface area contributed by atoms with E-state index in [0.717, 1.165) is 12.8 Å². The number of aromatic nitrogens is 2. The topological polar surface area (TPSA) is 46.9 Å². The number of alkyl halides is 1. The van der Waals surface area contributed by atoms with E-state index in [1.165, 1.54) is 18.4 Å². The van der Waals surface area contributed by atoms with Crippen LogP contribution in [0, 0.1) is 5.92 Å². The highest BCUT2D eigenvalue weighted by atomic mass is 35.5. The Morgan fingerprint density at radius 2 is 2.47 bits per heavy atom. The van der Waals surface area contributed by atoms with Crippen LogP contribution in [-0.4, -0.2) is 27.6 Å². The highest BCUT2D eigenvalue weighted by Crippen LogP contribution is 2.28. The van der Waals surface area contributed by atoms with Gasteiger partial charge < -0.3 is 5.32 Å². The average Bonchev–Trinajstić information content (AvgIpc) is 2.89. The number of aryl methyl sites for hydroxylation is 1. The number of hydrogen-bond donors (Lipinski definition) is 1. The predicted molar refractivity (Wildman–Crippen MR) is 66.9 cm³/mol. The molecule has 1 aromatic heterocycles. The van der Waals surface area contributed by atoms with E-state index in [4.69, 9.17) is 11.6 Å². The average molecular weight is 256 g/mol. The maximum atomic E-state index is 11.3. The van der Waals surface area contributed by atoms with Crippen LogP contribution in [0.1, 0.15) is 24.8 Å². The molecule has 0 aromatic carbocycles. The van der Waals surface area contributed by atoms with E-state index >= 15 is 0 Å². The monoisotopic (exact) mass is 255 g/mol. The van der Waals surface area contributed by atoms with Crippen LogP contribution < -0.4 is 5.32 Å². The van der Waals surface area contributed by atoms with Gasteiger partial charge in [-0.15, -0.1) is 11.6 Å². The van der Waals surface area contributed by atoms with Gasteiger partial charge in [0.25, 0.3) is 0 Å². The summed E-state index contributed by atoms with van der Waals surface area (Å²) in [5.74, 6) is 0.511. The minimum Gasteiger partial charge on any atom is -0.352 e. The molecule has 1 fully saturated rings. The van der Waals surface area contributed by atoms with E-state index < -0.39 is 0 Å². The lowest BCUT2D eigenvalue weighted by atomic mass is 9.96. The van der Waals surface area contributed by atoms with Gasteiger partial charge in [-0.25, -0.2) is 0 Å². The van der Waals surface area contributed by atoms with Gasteiger partial charge in [0, 0.05) is 19.3 Å². The lowest BCUT2D eigenvalue weighted by Gasteiger charge is -2.19. The molecule has 1 heterocycles. The highest BCUT2D eigenvalue weighted by Gasteiger charge is 2.28. The normalized spacial score (nSPS) is 23.9. The molecule has 4 nitrogen and oxygen atoms in total. The molecule has 1 N–H and O–H groups in total. The highest BCUT2D eigenvalue weighted by molar-refractivity contribution is 6.27. The summed E-state index contributed by atoms with van der Waals surface area (Å²) in [4.78, 5) is 11.3. The number of hydrogen-bond acceptors (Lipinski definition) is 2. The third-order valence-corrected chi connectivity index (χ3v) is 3.63. The molecule has 2 rings (SSSR count). The molecule has 0 radical (unpaired) electrons. The van der Waals surface area contributed by atoms with Crippen LogP contribution in [-0.2, 0) is 18.3 Å². The molecule has 1 aliphatic carbocycles. The van der Waals surface area contributed by atoms with E-state index in [9.17, 15) is 4.79 Å². The van der Waals surface area contributed by atoms with Gasteiger partial charge >= 0.3 is 0 Å². The number of rotatable bonds is 4. The largest absolute Gasteiger partial charge is 0.352 e. The van der Waals surface area contributed by atoms with E-state index in [1.807, 2.05) is 24.1 Å². The molecule has 2 atom stereocenters. The van der Waals surface area contributed by atoms with Crippen molar-refractivity contribution in [2.45, 2.75) is 31.7 Å². The second kappa shape index (κ2) is 5.54. The summed E-state index contributed by atoms with van der Waals surface area (Å²) in [5, 5.41) is 7.18. The van der Waals surface area contributed by atoms with Crippen molar-refractivity contribution in [1.82, 2.24) is 15.1 Å². The summed E-state index contributed by atoms with van der Waals surface area (Å²) in [6.07, 6.45) is 8.34. The molecule has 17 heavy (non-hydrogen) atoms. The number of carbonyl (C=O) groups is 1. The minimum atomic E-state index is -0.0604. The first-order valence-electron chi connectivity index (χ1n) is 6.02. The van der Waals surface area contributed by atoms with Crippen molar-refractivity contribution in [2.75, 3.05) is 5.88 Å². The minimum absolute atomic E-state index is 0.0517. The second-order valence-electron chi connectivity index (χ2n) is 4.72. The molecular weight excluding hydrogens is 238 g/mol. The molecule has 2 unspecified atom stereocenters. The van der Waals surface area contributed by atoms with Crippen molar-refractivity contribution < 1.29 is 4.79 Å². The van der Waals surface area contributed by atoms with Crippen molar-refractivity contribution in [3.63, 3.8) is 0 Å². The Balaban J connectivity index is 1.93. The summed E-state index contributed by atoms with van der Waals surface area (Å²) in [6, 6.07) is 0.279. The molecule has 0 spiro atoms. The fourth-order valence-electron chi connectivity index (χ4n) is 2.60. The van der Waals surface area contributed by atoms with E-state index in [0.29, 0.717) is 5.92 Å². The first kappa shape index (κ1) is 12.4. The summed E-state index contributed by atoms with van der Waals surface area (Å²) in [5.41, 5.74) is 1.24. The first-order valence-corrected chi connectivity index (χ1v) is 6.55. The SMILES string of the molecule is Cn1cc(CC2CCCC2NC(=O)CCl)cn1. The molecule has 94 valence electrons. The molecule has 0 aliphatic heterocycles. The molecule has 1 saturated carbocycles. The third-order valence-electron chi connectivity index (χ3n) is 3.38. The van der Waals surface area contributed by atoms with Gasteiger partial charge in [-0.3, -0.25) is 9.48 Å². The van der Waals surface area contributed by atoms with Crippen LogP contribution in [0.5, 0.6) is 0 Å². The zero-order valence-electron chi connectivity index (χ0n) is 10.0. The fourth-order valence-corrected chi connectivity index (χ4v) is 2.67. The van der Waals surface area contributed by atoms with E-state index in [1.54, 1.807) is 0 Å². The van der Waals surface area contributed by atoms with Gasteiger partial charge in [0.15, 0.2) is 0 Å². The number of carbonyl (C=O) groups excluding carboxylic acids is 1. The van der Waals surface area contributed by atoms with Gasteiger partial charge in [0.2, 0.25) is 5.91 Å². The quantitative estimate of drug-likeness (QED) is 0.829. The van der Waals surface area contributed by atoms with Crippen molar-refractivity contribution in [1.29, 1.82) is 0 Å². The Morgan fingerprint density at radius 1 is 1.65 bits per heavy atom. The molecule has 1 aliphatic rings. The number of amides is 1. The zero-order valence-corrected chi connectivity index (χ0v) is 10.8. The number of nitrogens with one attached hydrogen (secondary N) is 1. The lowest BCUT2D eigenvalue weighted by Crippen LogP contribution is -2.38. The van der Waals surface area contributed by atoms with Gasteiger partial charge in [-0.2, -0.15) is 5.10 Å². The molecule has 0 saturated heterocycles. The molecule has 0 bridgehead atoms. The maximum absolute atomic E-state index is 11.3. The number of nitrogens with zero attached hydrogens (tertiary/aromatic N) is 2. The Kier molecular flexibility index (Phi) is 4.05. The first-order chi connectivity index (χ1) is 8.19. The van der Waals surface area contributed by atoms with Crippen LogP contribution in [0.2, 0.25) is 0 Å². The smallest absolute Gasteiger partial charge is 0.235 e. The Bertz CT molecular complexity index is 391. The van der Waals surface area contributed by atoms with Crippen LogP contribution in [0.25, 0.3) is 0 Å². The maximum Gasteiger partial charge on any atom is 0.235 e. The van der Waals surface area contributed by atoms with Crippen molar-refractivity contribution in [3.05, 3.63) is 18.0 Å². The lowest BCUT2D eigenvalue weighted by molar-refractivity contribution is -0.119. The summed E-state index contributed by atoms with van der Waals surface area (Å²) in [7, 11) is 1.92. The molecule has 1 aromatic rings. The Hall–Kier alpha value is -1.03. The van der Waals surface area contributed by atoms with Gasteiger partial charge in [0.05, 0.1) is 6.20 Å². The van der Waals surface area contributed by atoms with Crippen molar-refractivity contribution >= 4 is 17.5 Å². The molecule has 1 amide bonds. The standard InChI is InChI=1S/C12H18ClN3O/c1-16-8-9(7-14-16)5-10-3-2-4-11(10)15-12(17)6-13/h7-8,10-11H,2-6H2,1H3,(H,15,17). The predicted octanol–water partition coefficient (Wildman–Crippen LogP) is 1.49. The van der Waals surface area contributed by atoms with Gasteiger partial charge in [0.1, 0.15) is 5.88 Å². The molecule has 5 heteroatoms. The van der Waals surface area contributed by atoms with Crippen LogP contribution in [0.4, 0.5) is 0 Å². The molecular formula is C12H18ClN3O. The fraction of sp³-hybridized carbons (Fsp3) is 0.667. The third kappa shape index (κ3) is 3.22. The number of halogens is 1. The Labute approximate surface area is 106 Å². The summed E-state index contributed by atoms with van der Waals surface area (Å²) in [6.45, 7) is 0. The van der Waals surface area contributed by atoms with Gasteiger partial charge in [-0.1, -0.05) is 6.42 Å². The zero-order chi connectivity index (χ0) is 12.3. The summed E-state index contributed by atoms with van der Waals surface area (Å²) >= 11 is 5.52. The van der Waals surface area contributed by atoms with Crippen LogP contribution in [0.3, 0.4) is 0 Å². The van der Waals surface area contributed by atoms with Crippen molar-refractivity contribution in [2.24, 2.45) is 13.0 Å². The van der Waals surface area contributed by atoms with Crippen LogP contribution in [0.15, 0.2) is 12.4 Å². The second-order valence-corrected chi connectivity index (χ2v) is 4.99. The van der Waals surface area contributed by atoms with Gasteiger partial charge in [-0.05, 0) is 30.7 Å². The van der Waals surface area contributed by atoms with Crippen molar-refractivity contribution in [3.8, 4) is 0 Å². The Morgan fingerprint density at radius 3 is 3.12 bits per heavy atom. The van der Waals surface area contributed by atoms with Crippen LogP contribution >= 0.6 is 11.6 Å². The van der Waals surface area contributed by atoms with E-state index in [2.05, 4.69) is 10.4 Å².